The number of hydrogen-bond acceptors (Lipinski definition) is 13. The number of nitrogens with two attached hydrogens (primary N) is 1. The number of phenolic OH excluding ortho intramolecular Hbond substituents is 3. The molecule has 0 radical (unpaired) electrons. The molecule has 42 heavy (non-hydrogen) atoms. The molecule has 1 fully saturated rings. The minimum atomic E-state index is -4.28. The molecule has 0 bridgehead atoms. The fourth-order valence-electron chi connectivity index (χ4n) is 4.39. The first-order valence-electron chi connectivity index (χ1n) is 12.4. The Kier molecular flexibility index (Phi) is 7.46. The highest BCUT2D eigenvalue weighted by atomic mass is 32.2. The lowest BCUT2D eigenvalue weighted by Gasteiger charge is -2.16. The van der Waals surface area contributed by atoms with E-state index in [0.717, 1.165) is 18.2 Å². The van der Waals surface area contributed by atoms with Crippen molar-refractivity contribution in [1.29, 1.82) is 0 Å². The van der Waals surface area contributed by atoms with Gasteiger partial charge in [0, 0.05) is 12.6 Å². The van der Waals surface area contributed by atoms with Crippen LogP contribution in [0.4, 0.5) is 5.82 Å². The molecule has 1 aliphatic rings. The van der Waals surface area contributed by atoms with Gasteiger partial charge in [0.2, 0.25) is 9.84 Å². The summed E-state index contributed by atoms with van der Waals surface area (Å²) in [6, 6.07) is 5.40. The molecule has 220 valence electrons. The summed E-state index contributed by atoms with van der Waals surface area (Å²) >= 11 is 0. The largest absolute Gasteiger partial charge is 0.508 e. The number of nitrogens with zero attached hydrogens (tertiary/aromatic N) is 4. The van der Waals surface area contributed by atoms with Crippen molar-refractivity contribution in [2.45, 2.75) is 41.3 Å². The first-order chi connectivity index (χ1) is 19.9. The van der Waals surface area contributed by atoms with Gasteiger partial charge in [-0.15, -0.1) is 0 Å². The van der Waals surface area contributed by atoms with E-state index in [1.807, 2.05) is 0 Å². The number of aliphatic hydroxyl groups is 2. The normalized spacial score (nSPS) is 20.8. The van der Waals surface area contributed by atoms with Gasteiger partial charge in [-0.1, -0.05) is 18.2 Å². The van der Waals surface area contributed by atoms with Gasteiger partial charge in [0.25, 0.3) is 5.91 Å². The summed E-state index contributed by atoms with van der Waals surface area (Å²) in [5, 5.41) is 53.8. The number of aliphatic hydroxyl groups excluding tert-OH is 2. The number of rotatable bonds is 7. The molecule has 1 aliphatic heterocycles. The highest BCUT2D eigenvalue weighted by Gasteiger charge is 2.43. The number of anilines is 1. The van der Waals surface area contributed by atoms with E-state index < -0.39 is 62.2 Å². The summed E-state index contributed by atoms with van der Waals surface area (Å²) in [6.07, 6.45) is 0.645. The van der Waals surface area contributed by atoms with Crippen LogP contribution in [0.25, 0.3) is 11.2 Å². The molecule has 3 heterocycles. The zero-order valence-electron chi connectivity index (χ0n) is 21.9. The predicted molar refractivity (Wildman–Crippen MR) is 145 cm³/mol. The van der Waals surface area contributed by atoms with Crippen LogP contribution in [-0.4, -0.2) is 84.2 Å². The fraction of sp³-hybridized carbons (Fsp3) is 0.231. The number of carbonyl (C=O) groups is 1. The van der Waals surface area contributed by atoms with E-state index >= 15 is 0 Å². The topological polar surface area (TPSA) is 243 Å². The average Bonchev–Trinajstić information content (AvgIpc) is 3.50. The quantitative estimate of drug-likeness (QED) is 0.112. The number of ether oxygens (including phenoxy) is 1. The summed E-state index contributed by atoms with van der Waals surface area (Å²) in [5.74, 6) is -2.70. The number of nitrogens with one attached hydrogen (secondary N) is 1. The maximum atomic E-state index is 13.1. The van der Waals surface area contributed by atoms with Gasteiger partial charge in [-0.05, 0) is 30.7 Å². The van der Waals surface area contributed by atoms with Crippen molar-refractivity contribution in [3.63, 3.8) is 0 Å². The molecule has 2 aromatic carbocycles. The van der Waals surface area contributed by atoms with Crippen molar-refractivity contribution in [3.05, 3.63) is 66.3 Å². The maximum absolute atomic E-state index is 13.1. The van der Waals surface area contributed by atoms with Crippen molar-refractivity contribution in [2.24, 2.45) is 0 Å². The molecular formula is C26H26N6O9S. The third kappa shape index (κ3) is 5.07. The number of nitrogen functional groups attached to an aromatic ring is 1. The minimum absolute atomic E-state index is 0.135. The molecule has 15 nitrogen and oxygen atoms in total. The summed E-state index contributed by atoms with van der Waals surface area (Å²) in [4.78, 5) is 24.1. The lowest BCUT2D eigenvalue weighted by Crippen LogP contribution is -2.31. The molecule has 8 N–H and O–H groups in total. The van der Waals surface area contributed by atoms with Crippen molar-refractivity contribution >= 4 is 32.7 Å². The van der Waals surface area contributed by atoms with Crippen LogP contribution >= 0.6 is 0 Å². The third-order valence-corrected chi connectivity index (χ3v) is 8.48. The van der Waals surface area contributed by atoms with Gasteiger partial charge in [-0.25, -0.2) is 23.4 Å². The second-order valence-corrected chi connectivity index (χ2v) is 11.4. The third-order valence-electron chi connectivity index (χ3n) is 6.75. The molecule has 0 spiro atoms. The Morgan fingerprint density at radius 3 is 2.55 bits per heavy atom. The molecule has 2 aromatic heterocycles. The number of amides is 1. The first kappa shape index (κ1) is 28.7. The van der Waals surface area contributed by atoms with E-state index in [1.165, 1.54) is 41.5 Å². The lowest BCUT2D eigenvalue weighted by molar-refractivity contribution is -0.0245. The average molecular weight is 599 g/mol. The lowest BCUT2D eigenvalue weighted by atomic mass is 10.1. The monoisotopic (exact) mass is 598 g/mol. The van der Waals surface area contributed by atoms with Crippen LogP contribution in [0.3, 0.4) is 0 Å². The Morgan fingerprint density at radius 2 is 1.81 bits per heavy atom. The minimum Gasteiger partial charge on any atom is -0.508 e. The van der Waals surface area contributed by atoms with E-state index in [2.05, 4.69) is 20.3 Å². The molecule has 0 saturated carbocycles. The number of benzene rings is 2. The number of aromatic hydroxyl groups is 3. The van der Waals surface area contributed by atoms with Gasteiger partial charge in [-0.2, -0.15) is 0 Å². The molecule has 1 saturated heterocycles. The number of aryl methyl sites for hydroxylation is 1. The number of fused-ring (bicyclic) bond motifs is 1. The number of hydrogen-bond donors (Lipinski definition) is 7. The number of imidazole rings is 1. The van der Waals surface area contributed by atoms with Gasteiger partial charge in [0.05, 0.1) is 21.7 Å². The number of carbonyl (C=O) groups excluding carboxylic acids is 1. The summed E-state index contributed by atoms with van der Waals surface area (Å²) < 4.78 is 33.3. The molecule has 4 aromatic rings. The van der Waals surface area contributed by atoms with Crippen LogP contribution in [0, 0.1) is 6.92 Å². The van der Waals surface area contributed by atoms with E-state index in [9.17, 15) is 38.7 Å². The van der Waals surface area contributed by atoms with Crippen LogP contribution in [0.2, 0.25) is 0 Å². The van der Waals surface area contributed by atoms with Gasteiger partial charge < -0.3 is 41.3 Å². The molecule has 16 heteroatoms. The molecule has 5 rings (SSSR count). The van der Waals surface area contributed by atoms with Crippen LogP contribution in [-0.2, 0) is 14.6 Å². The second kappa shape index (κ2) is 10.9. The van der Waals surface area contributed by atoms with Gasteiger partial charge in [-0.3, -0.25) is 9.36 Å². The fourth-order valence-corrected chi connectivity index (χ4v) is 5.72. The highest BCUT2D eigenvalue weighted by molar-refractivity contribution is 7.91. The summed E-state index contributed by atoms with van der Waals surface area (Å²) in [6.45, 7) is 1.43. The van der Waals surface area contributed by atoms with Crippen molar-refractivity contribution in [2.75, 3.05) is 12.3 Å². The second-order valence-electron chi connectivity index (χ2n) is 9.48. The zero-order valence-corrected chi connectivity index (χ0v) is 22.7. The van der Waals surface area contributed by atoms with E-state index in [1.54, 1.807) is 6.92 Å². The molecular weight excluding hydrogens is 572 g/mol. The highest BCUT2D eigenvalue weighted by Crippen LogP contribution is 2.35. The van der Waals surface area contributed by atoms with Gasteiger partial charge in [0.15, 0.2) is 29.2 Å². The maximum Gasteiger partial charge on any atom is 0.255 e. The Hall–Kier alpha value is -4.77. The Labute approximate surface area is 238 Å². The summed E-state index contributed by atoms with van der Waals surface area (Å²) in [5.41, 5.74) is 6.32. The standard InChI is InChI=1S/C26H26N6O9S/c1-12-4-5-13(8-16(12)33)42(39,40)14-7-15(20(35)17(34)9-14)25(38)28-6-2-3-18-21(36)22(37)26(41-18)32-11-31-19-23(27)29-10-30-24(19)32/h2-5,7-11,18,21-22,26,33-37H,6H2,1H3,(H,28,38)(H2,27,29,30). The number of sulfone groups is 1. The predicted octanol–water partition coefficient (Wildman–Crippen LogP) is 0.272. The molecule has 4 atom stereocenters. The summed E-state index contributed by atoms with van der Waals surface area (Å²) in [7, 11) is -4.28. The Morgan fingerprint density at radius 1 is 1.07 bits per heavy atom. The van der Waals surface area contributed by atoms with Crippen molar-refractivity contribution < 1.29 is 43.5 Å². The van der Waals surface area contributed by atoms with Crippen molar-refractivity contribution in [3.8, 4) is 17.2 Å². The molecule has 1 amide bonds. The Bertz CT molecular complexity index is 1820. The van der Waals surface area contributed by atoms with E-state index in [0.29, 0.717) is 16.7 Å². The SMILES string of the molecule is Cc1ccc(S(=O)(=O)c2cc(O)c(O)c(C(=O)NCC=CC3OC(n4cnc5c(N)ncnc54)C(O)C3O)c2)cc1O. The van der Waals surface area contributed by atoms with Crippen molar-refractivity contribution in [1.82, 2.24) is 24.8 Å². The number of phenols is 3. The first-order valence-corrected chi connectivity index (χ1v) is 13.9. The van der Waals surface area contributed by atoms with Crippen LogP contribution in [0.1, 0.15) is 22.1 Å². The molecule has 4 unspecified atom stereocenters. The van der Waals surface area contributed by atoms with Crippen LogP contribution in [0.15, 0.2) is 64.9 Å². The Balaban J connectivity index is 1.28. The molecule has 0 aliphatic carbocycles. The van der Waals surface area contributed by atoms with Crippen LogP contribution in [0.5, 0.6) is 17.2 Å². The van der Waals surface area contributed by atoms with E-state index in [4.69, 9.17) is 10.5 Å². The van der Waals surface area contributed by atoms with Gasteiger partial charge >= 0.3 is 0 Å². The smallest absolute Gasteiger partial charge is 0.255 e. The van der Waals surface area contributed by atoms with Gasteiger partial charge in [0.1, 0.15) is 35.9 Å². The van der Waals surface area contributed by atoms with E-state index in [-0.39, 0.29) is 23.0 Å². The zero-order chi connectivity index (χ0) is 30.3. The van der Waals surface area contributed by atoms with Crippen LogP contribution < -0.4 is 11.1 Å². The number of aromatic nitrogens is 4.